The third kappa shape index (κ3) is 2.02. The predicted molar refractivity (Wildman–Crippen MR) is 57.9 cm³/mol. The van der Waals surface area contributed by atoms with Crippen LogP contribution < -0.4 is 5.32 Å². The molecule has 0 spiro atoms. The van der Waals surface area contributed by atoms with Crippen LogP contribution in [0.15, 0.2) is 9.98 Å². The molecule has 5 heteroatoms. The highest BCUT2D eigenvalue weighted by molar-refractivity contribution is 9.11. The van der Waals surface area contributed by atoms with E-state index in [0.717, 1.165) is 16.1 Å². The van der Waals surface area contributed by atoms with E-state index < -0.39 is 0 Å². The minimum Gasteiger partial charge on any atom is -0.306 e. The molecule has 1 atom stereocenters. The van der Waals surface area contributed by atoms with Gasteiger partial charge < -0.3 is 5.32 Å². The molecule has 66 valence electrons. The predicted octanol–water partition coefficient (Wildman–Crippen LogP) is 2.28. The number of thioether (sulfide) groups is 1. The minimum absolute atomic E-state index is 0.472. The molecule has 0 bridgehead atoms. The fraction of sp³-hybridized carbons (Fsp3) is 0.571. The Morgan fingerprint density at radius 3 is 3.17 bits per heavy atom. The molecule has 1 N–H and O–H groups in total. The van der Waals surface area contributed by atoms with Crippen molar-refractivity contribution in [3.63, 3.8) is 0 Å². The monoisotopic (exact) mass is 264 g/mol. The molecule has 0 aromatic carbocycles. The van der Waals surface area contributed by atoms with E-state index in [4.69, 9.17) is 0 Å². The SMILES string of the molecule is Brc1cnc(C2CSCCN2)s1. The summed E-state index contributed by atoms with van der Waals surface area (Å²) in [5, 5.41) is 4.66. The number of hydrogen-bond acceptors (Lipinski definition) is 4. The fourth-order valence-electron chi connectivity index (χ4n) is 1.15. The van der Waals surface area contributed by atoms with Crippen molar-refractivity contribution in [3.8, 4) is 0 Å². The minimum atomic E-state index is 0.472. The van der Waals surface area contributed by atoms with E-state index in [9.17, 15) is 0 Å². The van der Waals surface area contributed by atoms with E-state index in [1.807, 2.05) is 18.0 Å². The van der Waals surface area contributed by atoms with Crippen molar-refractivity contribution in [1.82, 2.24) is 10.3 Å². The van der Waals surface area contributed by atoms with Gasteiger partial charge in [0.25, 0.3) is 0 Å². The number of rotatable bonds is 1. The lowest BCUT2D eigenvalue weighted by Crippen LogP contribution is -2.29. The fourth-order valence-corrected chi connectivity index (χ4v) is 3.52. The van der Waals surface area contributed by atoms with Crippen LogP contribution in [0.1, 0.15) is 11.0 Å². The maximum atomic E-state index is 4.34. The Bertz CT molecular complexity index is 258. The summed E-state index contributed by atoms with van der Waals surface area (Å²) in [6.07, 6.45) is 1.88. The number of nitrogens with zero attached hydrogens (tertiary/aromatic N) is 1. The molecule has 1 fully saturated rings. The van der Waals surface area contributed by atoms with Gasteiger partial charge in [-0.15, -0.1) is 11.3 Å². The van der Waals surface area contributed by atoms with Crippen LogP contribution in [0.5, 0.6) is 0 Å². The van der Waals surface area contributed by atoms with Crippen LogP contribution in [-0.2, 0) is 0 Å². The second-order valence-electron chi connectivity index (χ2n) is 2.58. The summed E-state index contributed by atoms with van der Waals surface area (Å²) in [6.45, 7) is 1.10. The van der Waals surface area contributed by atoms with Crippen LogP contribution in [0.2, 0.25) is 0 Å². The summed E-state index contributed by atoms with van der Waals surface area (Å²) in [5.41, 5.74) is 0. The molecule has 0 aliphatic carbocycles. The highest BCUT2D eigenvalue weighted by atomic mass is 79.9. The summed E-state index contributed by atoms with van der Waals surface area (Å²) < 4.78 is 1.12. The van der Waals surface area contributed by atoms with E-state index >= 15 is 0 Å². The Balaban J connectivity index is 2.08. The smallest absolute Gasteiger partial charge is 0.111 e. The van der Waals surface area contributed by atoms with Crippen LogP contribution >= 0.6 is 39.0 Å². The summed E-state index contributed by atoms with van der Waals surface area (Å²) in [6, 6.07) is 0.472. The van der Waals surface area contributed by atoms with Crippen LogP contribution in [-0.4, -0.2) is 23.0 Å². The van der Waals surface area contributed by atoms with Gasteiger partial charge in [0, 0.05) is 18.1 Å². The van der Waals surface area contributed by atoms with Crippen molar-refractivity contribution < 1.29 is 0 Å². The molecule has 1 aliphatic rings. The van der Waals surface area contributed by atoms with E-state index in [-0.39, 0.29) is 0 Å². The van der Waals surface area contributed by atoms with Crippen molar-refractivity contribution in [1.29, 1.82) is 0 Å². The highest BCUT2D eigenvalue weighted by Gasteiger charge is 2.17. The molecule has 2 heterocycles. The number of aromatic nitrogens is 1. The molecule has 1 aromatic rings. The van der Waals surface area contributed by atoms with Crippen LogP contribution in [0.3, 0.4) is 0 Å². The molecule has 0 saturated carbocycles. The average molecular weight is 265 g/mol. The van der Waals surface area contributed by atoms with E-state index in [0.29, 0.717) is 6.04 Å². The topological polar surface area (TPSA) is 24.9 Å². The first-order valence-corrected chi connectivity index (χ1v) is 6.55. The van der Waals surface area contributed by atoms with E-state index in [2.05, 4.69) is 26.2 Å². The zero-order valence-corrected chi connectivity index (χ0v) is 9.64. The normalized spacial score (nSPS) is 24.2. The van der Waals surface area contributed by atoms with Crippen molar-refractivity contribution in [3.05, 3.63) is 15.0 Å². The van der Waals surface area contributed by atoms with Crippen LogP contribution in [0, 0.1) is 0 Å². The first-order chi connectivity index (χ1) is 5.86. The van der Waals surface area contributed by atoms with Gasteiger partial charge in [0.05, 0.1) is 16.0 Å². The highest BCUT2D eigenvalue weighted by Crippen LogP contribution is 2.28. The molecule has 0 radical (unpaired) electrons. The van der Waals surface area contributed by atoms with Crippen LogP contribution in [0.25, 0.3) is 0 Å². The van der Waals surface area contributed by atoms with Gasteiger partial charge in [0.1, 0.15) is 5.01 Å². The zero-order valence-electron chi connectivity index (χ0n) is 6.42. The Labute approximate surface area is 88.3 Å². The van der Waals surface area contributed by atoms with Crippen molar-refractivity contribution in [2.75, 3.05) is 18.1 Å². The Morgan fingerprint density at radius 2 is 2.58 bits per heavy atom. The maximum Gasteiger partial charge on any atom is 0.111 e. The van der Waals surface area contributed by atoms with Crippen molar-refractivity contribution in [2.45, 2.75) is 6.04 Å². The number of halogens is 1. The maximum absolute atomic E-state index is 4.34. The second kappa shape index (κ2) is 4.09. The summed E-state index contributed by atoms with van der Waals surface area (Å²) in [5.74, 6) is 2.38. The standard InChI is InChI=1S/C7H9BrN2S2/c8-6-3-10-7(12-6)5-4-11-2-1-9-5/h3,5,9H,1-2,4H2. The lowest BCUT2D eigenvalue weighted by Gasteiger charge is -2.20. The lowest BCUT2D eigenvalue weighted by atomic mass is 10.3. The summed E-state index contributed by atoms with van der Waals surface area (Å²) in [4.78, 5) is 4.34. The van der Waals surface area contributed by atoms with E-state index in [1.54, 1.807) is 11.3 Å². The van der Waals surface area contributed by atoms with Gasteiger partial charge in [0.15, 0.2) is 0 Å². The molecule has 1 saturated heterocycles. The van der Waals surface area contributed by atoms with Gasteiger partial charge >= 0.3 is 0 Å². The van der Waals surface area contributed by atoms with Gasteiger partial charge in [0.2, 0.25) is 0 Å². The van der Waals surface area contributed by atoms with Gasteiger partial charge in [-0.2, -0.15) is 11.8 Å². The van der Waals surface area contributed by atoms with Crippen molar-refractivity contribution in [2.24, 2.45) is 0 Å². The zero-order chi connectivity index (χ0) is 8.39. The lowest BCUT2D eigenvalue weighted by molar-refractivity contribution is 0.592. The van der Waals surface area contributed by atoms with Crippen molar-refractivity contribution >= 4 is 39.0 Å². The number of thiazole rings is 1. The first kappa shape index (κ1) is 8.99. The summed E-state index contributed by atoms with van der Waals surface area (Å²) >= 11 is 7.14. The van der Waals surface area contributed by atoms with Gasteiger partial charge in [-0.1, -0.05) is 0 Å². The molecule has 1 aliphatic heterocycles. The molecule has 0 amide bonds. The second-order valence-corrected chi connectivity index (χ2v) is 6.18. The molecule has 1 unspecified atom stereocenters. The third-order valence-electron chi connectivity index (χ3n) is 1.72. The molecular formula is C7H9BrN2S2. The quantitative estimate of drug-likeness (QED) is 0.843. The van der Waals surface area contributed by atoms with Gasteiger partial charge in [-0.25, -0.2) is 4.98 Å². The Kier molecular flexibility index (Phi) is 3.06. The van der Waals surface area contributed by atoms with Crippen LogP contribution in [0.4, 0.5) is 0 Å². The molecule has 12 heavy (non-hydrogen) atoms. The largest absolute Gasteiger partial charge is 0.306 e. The average Bonchev–Trinajstić information content (AvgIpc) is 2.54. The molecule has 1 aromatic heterocycles. The third-order valence-corrected chi connectivity index (χ3v) is 4.37. The Hall–Kier alpha value is 0.420. The van der Waals surface area contributed by atoms with E-state index in [1.165, 1.54) is 10.8 Å². The Morgan fingerprint density at radius 1 is 1.67 bits per heavy atom. The summed E-state index contributed by atoms with van der Waals surface area (Å²) in [7, 11) is 0. The molecule has 2 rings (SSSR count). The molecular weight excluding hydrogens is 256 g/mol. The number of nitrogens with one attached hydrogen (secondary N) is 1. The van der Waals surface area contributed by atoms with Gasteiger partial charge in [-0.3, -0.25) is 0 Å². The first-order valence-electron chi connectivity index (χ1n) is 3.78. The molecule has 2 nitrogen and oxygen atoms in total. The van der Waals surface area contributed by atoms with Gasteiger partial charge in [-0.05, 0) is 15.9 Å². The number of hydrogen-bond donors (Lipinski definition) is 1.